The molecule has 2 saturated heterocycles. The summed E-state index contributed by atoms with van der Waals surface area (Å²) in [6.45, 7) is 10.4. The van der Waals surface area contributed by atoms with Crippen LogP contribution in [0.2, 0.25) is 0 Å². The van der Waals surface area contributed by atoms with Gasteiger partial charge >= 0.3 is 0 Å². The smallest absolute Gasteiger partial charge is 0.123 e. The van der Waals surface area contributed by atoms with E-state index in [1.165, 1.54) is 0 Å². The van der Waals surface area contributed by atoms with Gasteiger partial charge in [0.1, 0.15) is 5.67 Å². The first-order valence-corrected chi connectivity index (χ1v) is 10.0. The Kier molecular flexibility index (Phi) is 6.52. The second-order valence-corrected chi connectivity index (χ2v) is 8.20. The van der Waals surface area contributed by atoms with Gasteiger partial charge in [-0.25, -0.2) is 4.39 Å². The van der Waals surface area contributed by atoms with E-state index < -0.39 is 5.67 Å². The van der Waals surface area contributed by atoms with E-state index in [1.54, 1.807) is 0 Å². The highest BCUT2D eigenvalue weighted by Crippen LogP contribution is 2.35. The largest absolute Gasteiger partial charge is 0.375 e. The molecule has 1 saturated carbocycles. The summed E-state index contributed by atoms with van der Waals surface area (Å²) in [5, 5.41) is 0. The number of nitrogens with zero attached hydrogens (tertiary/aromatic N) is 3. The highest BCUT2D eigenvalue weighted by atomic mass is 19.1. The monoisotopic (exact) mass is 341 g/mol. The van der Waals surface area contributed by atoms with Crippen LogP contribution in [0.15, 0.2) is 0 Å². The van der Waals surface area contributed by atoms with Crippen LogP contribution < -0.4 is 0 Å². The van der Waals surface area contributed by atoms with E-state index >= 15 is 4.39 Å². The Bertz CT molecular complexity index is 371. The number of likely N-dealkylation sites (tertiary alicyclic amines) is 1. The van der Waals surface area contributed by atoms with Crippen molar-refractivity contribution in [1.82, 2.24) is 14.7 Å². The summed E-state index contributed by atoms with van der Waals surface area (Å²) in [5.74, 6) is 0. The van der Waals surface area contributed by atoms with E-state index in [1.807, 2.05) is 0 Å². The molecule has 0 aromatic carbocycles. The quantitative estimate of drug-likeness (QED) is 0.764. The Morgan fingerprint density at radius 3 is 2.00 bits per heavy atom. The van der Waals surface area contributed by atoms with Crippen molar-refractivity contribution in [2.45, 2.75) is 63.3 Å². The zero-order valence-corrected chi connectivity index (χ0v) is 15.7. The molecule has 0 N–H and O–H groups in total. The number of hydrogen-bond acceptors (Lipinski definition) is 4. The van der Waals surface area contributed by atoms with Crippen molar-refractivity contribution < 1.29 is 9.13 Å². The van der Waals surface area contributed by atoms with Gasteiger partial charge in [-0.2, -0.15) is 0 Å². The van der Waals surface area contributed by atoms with Crippen LogP contribution >= 0.6 is 0 Å². The molecule has 0 aromatic heterocycles. The van der Waals surface area contributed by atoms with Gasteiger partial charge in [0.15, 0.2) is 0 Å². The second kappa shape index (κ2) is 8.43. The fourth-order valence-electron chi connectivity index (χ4n) is 4.46. The van der Waals surface area contributed by atoms with Crippen LogP contribution in [-0.4, -0.2) is 92.0 Å². The maximum absolute atomic E-state index is 15.2. The van der Waals surface area contributed by atoms with Crippen molar-refractivity contribution in [2.24, 2.45) is 0 Å². The Balaban J connectivity index is 1.37. The lowest BCUT2D eigenvalue weighted by atomic mass is 9.84. The lowest BCUT2D eigenvalue weighted by Crippen LogP contribution is -2.51. The first-order valence-electron chi connectivity index (χ1n) is 10.0. The third-order valence-corrected chi connectivity index (χ3v) is 6.30. The van der Waals surface area contributed by atoms with Gasteiger partial charge in [-0.15, -0.1) is 0 Å². The van der Waals surface area contributed by atoms with Gasteiger partial charge in [0.2, 0.25) is 0 Å². The molecule has 5 heteroatoms. The van der Waals surface area contributed by atoms with Crippen molar-refractivity contribution >= 4 is 0 Å². The maximum atomic E-state index is 15.2. The third kappa shape index (κ3) is 5.13. The van der Waals surface area contributed by atoms with Gasteiger partial charge in [-0.1, -0.05) is 6.92 Å². The summed E-state index contributed by atoms with van der Waals surface area (Å²) in [5.41, 5.74) is -0.985. The molecule has 0 spiro atoms. The van der Waals surface area contributed by atoms with Crippen LogP contribution in [0, 0.1) is 0 Å². The van der Waals surface area contributed by atoms with E-state index in [9.17, 15) is 0 Å². The molecular formula is C19H36FN3O. The van der Waals surface area contributed by atoms with Crippen LogP contribution in [0.25, 0.3) is 0 Å². The summed E-state index contributed by atoms with van der Waals surface area (Å²) in [6.07, 6.45) is 6.12. The average Bonchev–Trinajstić information content (AvgIpc) is 2.60. The topological polar surface area (TPSA) is 19.0 Å². The first kappa shape index (κ1) is 18.6. The van der Waals surface area contributed by atoms with Crippen molar-refractivity contribution in [2.75, 3.05) is 59.4 Å². The van der Waals surface area contributed by atoms with Crippen molar-refractivity contribution in [3.63, 3.8) is 0 Å². The number of alkyl halides is 1. The summed E-state index contributed by atoms with van der Waals surface area (Å²) in [4.78, 5) is 7.16. The molecule has 0 bridgehead atoms. The number of piperazine rings is 1. The molecule has 2 heterocycles. The molecule has 0 radical (unpaired) electrons. The number of hydrogen-bond donors (Lipinski definition) is 0. The minimum absolute atomic E-state index is 0.291. The van der Waals surface area contributed by atoms with Crippen LogP contribution in [0.5, 0.6) is 0 Å². The van der Waals surface area contributed by atoms with Crippen LogP contribution in [0.4, 0.5) is 4.39 Å². The molecule has 0 atom stereocenters. The lowest BCUT2D eigenvalue weighted by Gasteiger charge is -2.41. The lowest BCUT2D eigenvalue weighted by molar-refractivity contribution is -0.0789. The van der Waals surface area contributed by atoms with Gasteiger partial charge in [0, 0.05) is 45.8 Å². The van der Waals surface area contributed by atoms with E-state index in [4.69, 9.17) is 4.74 Å². The Morgan fingerprint density at radius 1 is 0.875 bits per heavy atom. The summed E-state index contributed by atoms with van der Waals surface area (Å²) < 4.78 is 21.5. The SMILES string of the molecule is CCN1CCN(C[C@]2(F)CC[C@@H](OC3CCN(C)CC3)CC2)CC1. The molecule has 1 aliphatic carbocycles. The maximum Gasteiger partial charge on any atom is 0.123 e. The number of piperidine rings is 1. The Hall–Kier alpha value is -0.230. The van der Waals surface area contributed by atoms with Crippen LogP contribution in [0.3, 0.4) is 0 Å². The molecule has 3 rings (SSSR count). The predicted octanol–water partition coefficient (Wildman–Crippen LogP) is 2.39. The number of ether oxygens (including phenoxy) is 1. The standard InChI is InChI=1S/C19H36FN3O/c1-3-22-12-14-23(15-13-22)16-19(20)8-4-17(5-9-19)24-18-6-10-21(2)11-7-18/h17-18H,3-16H2,1-2H3/t17-,19+. The number of rotatable bonds is 5. The van der Waals surface area contributed by atoms with Gasteiger partial charge in [-0.3, -0.25) is 4.90 Å². The summed E-state index contributed by atoms with van der Waals surface area (Å²) >= 11 is 0. The average molecular weight is 342 g/mol. The highest BCUT2D eigenvalue weighted by molar-refractivity contribution is 4.91. The van der Waals surface area contributed by atoms with E-state index in [0.717, 1.165) is 71.5 Å². The fraction of sp³-hybridized carbons (Fsp3) is 1.00. The van der Waals surface area contributed by atoms with E-state index in [-0.39, 0.29) is 0 Å². The number of halogens is 1. The molecular weight excluding hydrogens is 305 g/mol. The van der Waals surface area contributed by atoms with Gasteiger partial charge in [0.25, 0.3) is 0 Å². The molecule has 3 fully saturated rings. The summed E-state index contributed by atoms with van der Waals surface area (Å²) in [6, 6.07) is 0. The minimum Gasteiger partial charge on any atom is -0.375 e. The second-order valence-electron chi connectivity index (χ2n) is 8.20. The van der Waals surface area contributed by atoms with Crippen LogP contribution in [0.1, 0.15) is 45.4 Å². The van der Waals surface area contributed by atoms with Crippen molar-refractivity contribution in [3.05, 3.63) is 0 Å². The first-order chi connectivity index (χ1) is 11.6. The minimum atomic E-state index is -0.985. The summed E-state index contributed by atoms with van der Waals surface area (Å²) in [7, 11) is 2.18. The normalized spacial score (nSPS) is 35.4. The fourth-order valence-corrected chi connectivity index (χ4v) is 4.46. The van der Waals surface area contributed by atoms with Gasteiger partial charge in [0.05, 0.1) is 12.2 Å². The molecule has 0 unspecified atom stereocenters. The number of likely N-dealkylation sites (N-methyl/N-ethyl adjacent to an activating group) is 1. The molecule has 3 aliphatic rings. The van der Waals surface area contributed by atoms with Crippen molar-refractivity contribution in [1.29, 1.82) is 0 Å². The van der Waals surface area contributed by atoms with E-state index in [2.05, 4.69) is 28.7 Å². The predicted molar refractivity (Wildman–Crippen MR) is 96.3 cm³/mol. The molecule has 0 aromatic rings. The van der Waals surface area contributed by atoms with E-state index in [0.29, 0.717) is 31.6 Å². The molecule has 4 nitrogen and oxygen atoms in total. The molecule has 140 valence electrons. The molecule has 0 amide bonds. The zero-order chi connectivity index (χ0) is 17.0. The Labute approximate surface area is 147 Å². The highest BCUT2D eigenvalue weighted by Gasteiger charge is 2.38. The van der Waals surface area contributed by atoms with Crippen LogP contribution in [-0.2, 0) is 4.74 Å². The molecule has 2 aliphatic heterocycles. The van der Waals surface area contributed by atoms with Crippen molar-refractivity contribution in [3.8, 4) is 0 Å². The Morgan fingerprint density at radius 2 is 1.42 bits per heavy atom. The zero-order valence-electron chi connectivity index (χ0n) is 15.7. The van der Waals surface area contributed by atoms with Gasteiger partial charge in [-0.05, 0) is 52.1 Å². The third-order valence-electron chi connectivity index (χ3n) is 6.30. The molecule has 24 heavy (non-hydrogen) atoms. The van der Waals surface area contributed by atoms with Gasteiger partial charge < -0.3 is 14.5 Å².